The van der Waals surface area contributed by atoms with Gasteiger partial charge in [-0.2, -0.15) is 13.2 Å². The molecule has 0 unspecified atom stereocenters. The second-order valence-corrected chi connectivity index (χ2v) is 5.94. The second-order valence-electron chi connectivity index (χ2n) is 5.94. The predicted octanol–water partition coefficient (Wildman–Crippen LogP) is 3.24. The molecule has 2 aromatic heterocycles. The molecule has 0 saturated heterocycles. The number of pyridine rings is 1. The number of alkyl halides is 3. The van der Waals surface area contributed by atoms with Crippen LogP contribution in [-0.4, -0.2) is 33.0 Å². The van der Waals surface area contributed by atoms with Gasteiger partial charge in [-0.05, 0) is 12.5 Å². The van der Waals surface area contributed by atoms with Gasteiger partial charge in [0.1, 0.15) is 0 Å². The lowest BCUT2D eigenvalue weighted by Gasteiger charge is -2.28. The van der Waals surface area contributed by atoms with E-state index in [1.54, 1.807) is 6.20 Å². The Balaban J connectivity index is 1.72. The number of nitrogens with zero attached hydrogens (tertiary/aromatic N) is 4. The van der Waals surface area contributed by atoms with E-state index in [2.05, 4.69) is 19.9 Å². The summed E-state index contributed by atoms with van der Waals surface area (Å²) in [6.07, 6.45) is -0.173. The van der Waals surface area contributed by atoms with E-state index >= 15 is 0 Å². The van der Waals surface area contributed by atoms with E-state index in [0.29, 0.717) is 44.2 Å². The van der Waals surface area contributed by atoms with E-state index in [4.69, 9.17) is 4.74 Å². The smallest absolute Gasteiger partial charge is 0.451 e. The summed E-state index contributed by atoms with van der Waals surface area (Å²) in [7, 11) is 0. The van der Waals surface area contributed by atoms with Crippen LogP contribution < -0.4 is 4.74 Å². The Kier molecular flexibility index (Phi) is 5.17. The highest BCUT2D eigenvalue weighted by Gasteiger charge is 2.35. The molecular weight excluding hydrogens is 333 g/mol. The van der Waals surface area contributed by atoms with Crippen LogP contribution in [0, 0.1) is 0 Å². The number of halogens is 3. The summed E-state index contributed by atoms with van der Waals surface area (Å²) in [5, 5.41) is 0. The monoisotopic (exact) mass is 352 g/mol. The van der Waals surface area contributed by atoms with Crippen LogP contribution in [0.5, 0.6) is 5.88 Å². The molecule has 1 aliphatic heterocycles. The van der Waals surface area contributed by atoms with Crippen LogP contribution in [0.4, 0.5) is 13.2 Å². The zero-order chi connectivity index (χ0) is 17.9. The van der Waals surface area contributed by atoms with Crippen molar-refractivity contribution in [1.29, 1.82) is 0 Å². The van der Waals surface area contributed by atoms with Crippen molar-refractivity contribution in [1.82, 2.24) is 19.9 Å². The molecule has 0 saturated carbocycles. The number of hydrogen-bond acceptors (Lipinski definition) is 5. The van der Waals surface area contributed by atoms with Gasteiger partial charge in [-0.15, -0.1) is 0 Å². The van der Waals surface area contributed by atoms with Crippen molar-refractivity contribution in [3.05, 3.63) is 47.2 Å². The van der Waals surface area contributed by atoms with Gasteiger partial charge in [0.25, 0.3) is 0 Å². The summed E-state index contributed by atoms with van der Waals surface area (Å²) in [4.78, 5) is 13.5. The third-order valence-corrected chi connectivity index (χ3v) is 3.95. The van der Waals surface area contributed by atoms with Crippen LogP contribution in [-0.2, 0) is 25.7 Å². The van der Waals surface area contributed by atoms with Gasteiger partial charge in [-0.25, -0.2) is 15.0 Å². The third-order valence-electron chi connectivity index (χ3n) is 3.95. The summed E-state index contributed by atoms with van der Waals surface area (Å²) in [5.74, 6) is -0.457. The Morgan fingerprint density at radius 1 is 1.28 bits per heavy atom. The zero-order valence-electron chi connectivity index (χ0n) is 13.9. The maximum absolute atomic E-state index is 12.7. The Hall–Kier alpha value is -2.22. The Labute approximate surface area is 143 Å². The Morgan fingerprint density at radius 2 is 2.12 bits per heavy atom. The minimum Gasteiger partial charge on any atom is -0.477 e. The first-order valence-electron chi connectivity index (χ1n) is 8.18. The van der Waals surface area contributed by atoms with Gasteiger partial charge in [0.05, 0.1) is 12.3 Å². The van der Waals surface area contributed by atoms with Gasteiger partial charge in [0.2, 0.25) is 11.7 Å². The molecule has 5 nitrogen and oxygen atoms in total. The van der Waals surface area contributed by atoms with E-state index < -0.39 is 12.0 Å². The van der Waals surface area contributed by atoms with Crippen LogP contribution in [0.1, 0.15) is 36.0 Å². The topological polar surface area (TPSA) is 51.1 Å². The van der Waals surface area contributed by atoms with E-state index in [0.717, 1.165) is 17.5 Å². The molecule has 3 rings (SSSR count). The SMILES string of the molecule is CCCOc1ncccc1CN1CCc2nc(C(F)(F)F)ncc2C1. The first-order chi connectivity index (χ1) is 12.0. The van der Waals surface area contributed by atoms with Gasteiger partial charge < -0.3 is 4.74 Å². The summed E-state index contributed by atoms with van der Waals surface area (Å²) in [5.41, 5.74) is 2.18. The van der Waals surface area contributed by atoms with Crippen LogP contribution in [0.2, 0.25) is 0 Å². The summed E-state index contributed by atoms with van der Waals surface area (Å²) in [6.45, 7) is 4.38. The minimum atomic E-state index is -4.51. The molecule has 0 N–H and O–H groups in total. The van der Waals surface area contributed by atoms with E-state index in [1.165, 1.54) is 6.20 Å². The second kappa shape index (κ2) is 7.35. The number of ether oxygens (including phenoxy) is 1. The van der Waals surface area contributed by atoms with Gasteiger partial charge in [-0.1, -0.05) is 13.0 Å². The fourth-order valence-corrected chi connectivity index (χ4v) is 2.76. The standard InChI is InChI=1S/C17H19F3N4O/c1-2-8-25-15-12(4-3-6-21-15)10-24-7-5-14-13(11-24)9-22-16(23-14)17(18,19)20/h3-4,6,9H,2,5,7-8,10-11H2,1H3. The molecule has 8 heteroatoms. The minimum absolute atomic E-state index is 0.465. The van der Waals surface area contributed by atoms with E-state index in [-0.39, 0.29) is 0 Å². The molecule has 0 radical (unpaired) electrons. The lowest BCUT2D eigenvalue weighted by atomic mass is 10.1. The summed E-state index contributed by atoms with van der Waals surface area (Å²) >= 11 is 0. The number of aromatic nitrogens is 3. The van der Waals surface area contributed by atoms with Crippen molar-refractivity contribution in [2.45, 2.75) is 39.0 Å². The third kappa shape index (κ3) is 4.25. The molecule has 25 heavy (non-hydrogen) atoms. The van der Waals surface area contributed by atoms with Crippen molar-refractivity contribution in [3.8, 4) is 5.88 Å². The zero-order valence-corrected chi connectivity index (χ0v) is 13.9. The average Bonchev–Trinajstić information content (AvgIpc) is 2.59. The lowest BCUT2D eigenvalue weighted by Crippen LogP contribution is -2.31. The average molecular weight is 352 g/mol. The van der Waals surface area contributed by atoms with Crippen molar-refractivity contribution >= 4 is 0 Å². The molecule has 0 spiro atoms. The largest absolute Gasteiger partial charge is 0.477 e. The molecule has 0 fully saturated rings. The Morgan fingerprint density at radius 3 is 2.88 bits per heavy atom. The molecular formula is C17H19F3N4O. The first-order valence-corrected chi connectivity index (χ1v) is 8.18. The van der Waals surface area contributed by atoms with Gasteiger partial charge in [0, 0.05) is 49.6 Å². The van der Waals surface area contributed by atoms with Gasteiger partial charge >= 0.3 is 6.18 Å². The highest BCUT2D eigenvalue weighted by Crippen LogP contribution is 2.28. The number of fused-ring (bicyclic) bond motifs is 1. The fraction of sp³-hybridized carbons (Fsp3) is 0.471. The summed E-state index contributed by atoms with van der Waals surface area (Å²) in [6, 6.07) is 3.81. The first kappa shape index (κ1) is 17.6. The molecule has 0 aliphatic carbocycles. The van der Waals surface area contributed by atoms with Crippen molar-refractivity contribution in [3.63, 3.8) is 0 Å². The van der Waals surface area contributed by atoms with Crippen molar-refractivity contribution in [2.24, 2.45) is 0 Å². The van der Waals surface area contributed by atoms with Crippen molar-refractivity contribution < 1.29 is 17.9 Å². The molecule has 1 aliphatic rings. The highest BCUT2D eigenvalue weighted by molar-refractivity contribution is 5.27. The van der Waals surface area contributed by atoms with Gasteiger partial charge in [0.15, 0.2) is 0 Å². The molecule has 134 valence electrons. The maximum atomic E-state index is 12.7. The Bertz CT molecular complexity index is 736. The number of rotatable bonds is 5. The summed E-state index contributed by atoms with van der Waals surface area (Å²) < 4.78 is 43.8. The number of hydrogen-bond donors (Lipinski definition) is 0. The van der Waals surface area contributed by atoms with E-state index in [9.17, 15) is 13.2 Å². The molecule has 0 amide bonds. The lowest BCUT2D eigenvalue weighted by molar-refractivity contribution is -0.145. The molecule has 0 bridgehead atoms. The van der Waals surface area contributed by atoms with Crippen LogP contribution >= 0.6 is 0 Å². The van der Waals surface area contributed by atoms with Crippen LogP contribution in [0.15, 0.2) is 24.5 Å². The van der Waals surface area contributed by atoms with Gasteiger partial charge in [-0.3, -0.25) is 4.90 Å². The van der Waals surface area contributed by atoms with Crippen LogP contribution in [0.25, 0.3) is 0 Å². The molecule has 0 atom stereocenters. The highest BCUT2D eigenvalue weighted by atomic mass is 19.4. The molecule has 0 aromatic carbocycles. The quantitative estimate of drug-likeness (QED) is 0.827. The molecule has 2 aromatic rings. The maximum Gasteiger partial charge on any atom is 0.451 e. The van der Waals surface area contributed by atoms with Crippen LogP contribution in [0.3, 0.4) is 0 Å². The normalized spacial score (nSPS) is 15.0. The fourth-order valence-electron chi connectivity index (χ4n) is 2.76. The molecule has 3 heterocycles. The predicted molar refractivity (Wildman–Crippen MR) is 84.9 cm³/mol. The van der Waals surface area contributed by atoms with Crippen molar-refractivity contribution in [2.75, 3.05) is 13.2 Å². The van der Waals surface area contributed by atoms with E-state index in [1.807, 2.05) is 19.1 Å².